The SMILES string of the molecule is Cc1nc(C)c2c(C)c(C(=O)N3CCCC(c4nc(-c5cccc(F)c5)no4)C3)sc2n1. The van der Waals surface area contributed by atoms with E-state index in [1.807, 2.05) is 25.7 Å². The Morgan fingerprint density at radius 3 is 2.88 bits per heavy atom. The molecule has 0 spiro atoms. The highest BCUT2D eigenvalue weighted by atomic mass is 32.1. The molecule has 1 fully saturated rings. The van der Waals surface area contributed by atoms with Crippen molar-refractivity contribution in [1.82, 2.24) is 25.0 Å². The van der Waals surface area contributed by atoms with Crippen LogP contribution in [0.1, 0.15) is 51.4 Å². The van der Waals surface area contributed by atoms with Crippen molar-refractivity contribution in [3.63, 3.8) is 0 Å². The summed E-state index contributed by atoms with van der Waals surface area (Å²) in [6, 6.07) is 6.11. The molecule has 4 heterocycles. The highest BCUT2D eigenvalue weighted by molar-refractivity contribution is 7.20. The molecule has 1 atom stereocenters. The molecular formula is C23H22FN5O2S. The Balaban J connectivity index is 1.39. The summed E-state index contributed by atoms with van der Waals surface area (Å²) in [6.45, 7) is 6.95. The summed E-state index contributed by atoms with van der Waals surface area (Å²) in [7, 11) is 0. The van der Waals surface area contributed by atoms with Gasteiger partial charge >= 0.3 is 0 Å². The van der Waals surface area contributed by atoms with Crippen molar-refractivity contribution in [2.75, 3.05) is 13.1 Å². The maximum Gasteiger partial charge on any atom is 0.264 e. The Labute approximate surface area is 188 Å². The lowest BCUT2D eigenvalue weighted by Crippen LogP contribution is -2.39. The van der Waals surface area contributed by atoms with Crippen molar-refractivity contribution >= 4 is 27.5 Å². The van der Waals surface area contributed by atoms with E-state index in [9.17, 15) is 9.18 Å². The first-order chi connectivity index (χ1) is 15.4. The number of halogens is 1. The second kappa shape index (κ2) is 8.05. The summed E-state index contributed by atoms with van der Waals surface area (Å²) in [5.41, 5.74) is 2.39. The third-order valence-electron chi connectivity index (χ3n) is 5.86. The minimum Gasteiger partial charge on any atom is -0.339 e. The van der Waals surface area contributed by atoms with Gasteiger partial charge in [-0.05, 0) is 51.3 Å². The predicted octanol–water partition coefficient (Wildman–Crippen LogP) is 4.83. The number of likely N-dealkylation sites (tertiary alicyclic amines) is 1. The number of benzene rings is 1. The molecule has 0 N–H and O–H groups in total. The molecular weight excluding hydrogens is 429 g/mol. The Hall–Kier alpha value is -3.20. The average Bonchev–Trinajstić information content (AvgIpc) is 3.39. The van der Waals surface area contributed by atoms with Gasteiger partial charge in [-0.3, -0.25) is 4.79 Å². The predicted molar refractivity (Wildman–Crippen MR) is 119 cm³/mol. The van der Waals surface area contributed by atoms with Crippen LogP contribution < -0.4 is 0 Å². The van der Waals surface area contributed by atoms with Crippen LogP contribution >= 0.6 is 11.3 Å². The minimum absolute atomic E-state index is 0.00266. The molecule has 7 nitrogen and oxygen atoms in total. The van der Waals surface area contributed by atoms with Gasteiger partial charge in [0.1, 0.15) is 16.5 Å². The van der Waals surface area contributed by atoms with E-state index in [2.05, 4.69) is 20.1 Å². The Morgan fingerprint density at radius 2 is 2.06 bits per heavy atom. The molecule has 0 aliphatic carbocycles. The van der Waals surface area contributed by atoms with Crippen LogP contribution in [0.15, 0.2) is 28.8 Å². The number of nitrogens with zero attached hydrogens (tertiary/aromatic N) is 5. The van der Waals surface area contributed by atoms with Crippen LogP contribution in [0, 0.1) is 26.6 Å². The molecule has 1 aliphatic rings. The normalized spacial score (nSPS) is 16.6. The zero-order valence-corrected chi connectivity index (χ0v) is 18.9. The first-order valence-corrected chi connectivity index (χ1v) is 11.4. The zero-order chi connectivity index (χ0) is 22.4. The van der Waals surface area contributed by atoms with E-state index in [0.717, 1.165) is 34.3 Å². The van der Waals surface area contributed by atoms with Crippen molar-refractivity contribution in [2.24, 2.45) is 0 Å². The molecule has 9 heteroatoms. The topological polar surface area (TPSA) is 85.0 Å². The molecule has 1 saturated heterocycles. The van der Waals surface area contributed by atoms with Crippen LogP contribution in [0.4, 0.5) is 4.39 Å². The molecule has 3 aromatic heterocycles. The summed E-state index contributed by atoms with van der Waals surface area (Å²) < 4.78 is 19.0. The number of amides is 1. The van der Waals surface area contributed by atoms with Crippen LogP contribution in [-0.2, 0) is 0 Å². The number of carbonyl (C=O) groups excluding carboxylic acids is 1. The number of aryl methyl sites for hydroxylation is 3. The van der Waals surface area contributed by atoms with E-state index >= 15 is 0 Å². The first-order valence-electron chi connectivity index (χ1n) is 10.5. The summed E-state index contributed by atoms with van der Waals surface area (Å²) in [6.07, 6.45) is 1.69. The number of aromatic nitrogens is 4. The van der Waals surface area contributed by atoms with Crippen molar-refractivity contribution < 1.29 is 13.7 Å². The Morgan fingerprint density at radius 1 is 1.22 bits per heavy atom. The lowest BCUT2D eigenvalue weighted by Gasteiger charge is -2.30. The van der Waals surface area contributed by atoms with E-state index in [-0.39, 0.29) is 17.6 Å². The summed E-state index contributed by atoms with van der Waals surface area (Å²) in [5.74, 6) is 1.13. The zero-order valence-electron chi connectivity index (χ0n) is 18.1. The van der Waals surface area contributed by atoms with Crippen LogP contribution in [0.5, 0.6) is 0 Å². The number of rotatable bonds is 3. The number of piperidine rings is 1. The van der Waals surface area contributed by atoms with E-state index in [1.54, 1.807) is 12.1 Å². The Bertz CT molecular complexity index is 1330. The molecule has 164 valence electrons. The van der Waals surface area contributed by atoms with E-state index in [0.29, 0.717) is 41.1 Å². The van der Waals surface area contributed by atoms with Gasteiger partial charge in [0, 0.05) is 29.7 Å². The van der Waals surface area contributed by atoms with E-state index in [1.165, 1.54) is 23.5 Å². The number of hydrogen-bond acceptors (Lipinski definition) is 7. The second-order valence-electron chi connectivity index (χ2n) is 8.15. The smallest absolute Gasteiger partial charge is 0.264 e. The molecule has 5 rings (SSSR count). The second-order valence-corrected chi connectivity index (χ2v) is 9.15. The van der Waals surface area contributed by atoms with Crippen molar-refractivity contribution in [3.8, 4) is 11.4 Å². The van der Waals surface area contributed by atoms with E-state index in [4.69, 9.17) is 4.52 Å². The first kappa shape index (κ1) is 20.7. The molecule has 1 aromatic carbocycles. The molecule has 32 heavy (non-hydrogen) atoms. The number of fused-ring (bicyclic) bond motifs is 1. The van der Waals surface area contributed by atoms with Gasteiger partial charge in [-0.2, -0.15) is 4.98 Å². The fourth-order valence-corrected chi connectivity index (χ4v) is 5.58. The molecule has 1 amide bonds. The van der Waals surface area contributed by atoms with Crippen LogP contribution in [0.2, 0.25) is 0 Å². The summed E-state index contributed by atoms with van der Waals surface area (Å²) >= 11 is 1.42. The van der Waals surface area contributed by atoms with Crippen LogP contribution in [0.3, 0.4) is 0 Å². The fraction of sp³-hybridized carbons (Fsp3) is 0.348. The van der Waals surface area contributed by atoms with Gasteiger partial charge < -0.3 is 9.42 Å². The molecule has 4 aromatic rings. The quantitative estimate of drug-likeness (QED) is 0.444. The molecule has 0 bridgehead atoms. The van der Waals surface area contributed by atoms with Gasteiger partial charge in [0.05, 0.1) is 10.8 Å². The Kier molecular flexibility index (Phi) is 5.21. The molecule has 1 aliphatic heterocycles. The van der Waals surface area contributed by atoms with Crippen molar-refractivity contribution in [3.05, 3.63) is 57.9 Å². The fourth-order valence-electron chi connectivity index (χ4n) is 4.33. The monoisotopic (exact) mass is 451 g/mol. The maximum absolute atomic E-state index is 13.5. The van der Waals surface area contributed by atoms with Crippen molar-refractivity contribution in [2.45, 2.75) is 39.5 Å². The third kappa shape index (κ3) is 3.66. The van der Waals surface area contributed by atoms with Crippen molar-refractivity contribution in [1.29, 1.82) is 0 Å². The number of hydrogen-bond donors (Lipinski definition) is 0. The van der Waals surface area contributed by atoms with Gasteiger partial charge in [-0.15, -0.1) is 11.3 Å². The third-order valence-corrected chi connectivity index (χ3v) is 7.03. The van der Waals surface area contributed by atoms with E-state index < -0.39 is 0 Å². The lowest BCUT2D eigenvalue weighted by molar-refractivity contribution is 0.0700. The van der Waals surface area contributed by atoms with Crippen LogP contribution in [-0.4, -0.2) is 44.0 Å². The highest BCUT2D eigenvalue weighted by Crippen LogP contribution is 2.34. The van der Waals surface area contributed by atoms with Gasteiger partial charge in [-0.25, -0.2) is 14.4 Å². The van der Waals surface area contributed by atoms with Gasteiger partial charge in [-0.1, -0.05) is 17.3 Å². The van der Waals surface area contributed by atoms with Gasteiger partial charge in [0.15, 0.2) is 0 Å². The standard InChI is InChI=1S/C23H22FN5O2S/c1-12-18-13(2)25-14(3)26-22(18)32-19(12)23(30)29-9-5-7-16(11-29)21-27-20(28-31-21)15-6-4-8-17(24)10-15/h4,6,8,10,16H,5,7,9,11H2,1-3H3. The summed E-state index contributed by atoms with van der Waals surface area (Å²) in [4.78, 5) is 30.3. The molecule has 0 saturated carbocycles. The average molecular weight is 452 g/mol. The van der Waals surface area contributed by atoms with Gasteiger partial charge in [0.25, 0.3) is 5.91 Å². The minimum atomic E-state index is -0.350. The number of thiophene rings is 1. The molecule has 0 radical (unpaired) electrons. The lowest BCUT2D eigenvalue weighted by atomic mass is 9.97. The number of carbonyl (C=O) groups is 1. The maximum atomic E-state index is 13.5. The van der Waals surface area contributed by atoms with Crippen LogP contribution in [0.25, 0.3) is 21.6 Å². The summed E-state index contributed by atoms with van der Waals surface area (Å²) in [5, 5.41) is 4.99. The largest absolute Gasteiger partial charge is 0.339 e. The molecule has 1 unspecified atom stereocenters. The van der Waals surface area contributed by atoms with Gasteiger partial charge in [0.2, 0.25) is 11.7 Å². The highest BCUT2D eigenvalue weighted by Gasteiger charge is 2.31.